The molecule has 2 aromatic rings. The second-order valence-corrected chi connectivity index (χ2v) is 8.27. The first kappa shape index (κ1) is 25.6. The van der Waals surface area contributed by atoms with E-state index in [2.05, 4.69) is 69.9 Å². The predicted molar refractivity (Wildman–Crippen MR) is 137 cm³/mol. The van der Waals surface area contributed by atoms with Crippen LogP contribution >= 0.6 is 24.0 Å². The van der Waals surface area contributed by atoms with E-state index in [0.29, 0.717) is 18.5 Å². The first-order valence-electron chi connectivity index (χ1n) is 11.0. The third-order valence-electron chi connectivity index (χ3n) is 5.37. The molecule has 0 bridgehead atoms. The molecule has 0 saturated carbocycles. The maximum absolute atomic E-state index is 5.52. The molecule has 1 aromatic heterocycles. The maximum Gasteiger partial charge on any atom is 0.191 e. The highest BCUT2D eigenvalue weighted by Crippen LogP contribution is 2.13. The molecule has 1 fully saturated rings. The average Bonchev–Trinajstić information content (AvgIpc) is 3.21. The fraction of sp³-hybridized carbons (Fsp3) is 0.565. The molecule has 0 aliphatic carbocycles. The van der Waals surface area contributed by atoms with Crippen LogP contribution in [0.2, 0.25) is 0 Å². The topological polar surface area (TPSA) is 66.7 Å². The van der Waals surface area contributed by atoms with Gasteiger partial charge < -0.3 is 15.4 Å². The molecule has 2 N–H and O–H groups in total. The fourth-order valence-electron chi connectivity index (χ4n) is 3.82. The number of morpholine rings is 1. The SMILES string of the molecule is CN=C(NCc1cnn(Cc2ccccc2)c1)NCC(CC(C)C)N1CCOCC1.I. The number of nitrogens with zero attached hydrogens (tertiary/aromatic N) is 4. The third-order valence-corrected chi connectivity index (χ3v) is 5.37. The summed E-state index contributed by atoms with van der Waals surface area (Å²) in [4.78, 5) is 6.94. The van der Waals surface area contributed by atoms with Crippen molar-refractivity contribution in [1.29, 1.82) is 0 Å². The van der Waals surface area contributed by atoms with Gasteiger partial charge in [-0.15, -0.1) is 24.0 Å². The minimum atomic E-state index is 0. The zero-order valence-electron chi connectivity index (χ0n) is 19.0. The third kappa shape index (κ3) is 8.78. The summed E-state index contributed by atoms with van der Waals surface area (Å²) in [7, 11) is 1.82. The molecule has 1 atom stereocenters. The zero-order chi connectivity index (χ0) is 21.2. The maximum atomic E-state index is 5.52. The molecular weight excluding hydrogens is 503 g/mol. The van der Waals surface area contributed by atoms with Crippen LogP contribution in [-0.2, 0) is 17.8 Å². The molecule has 1 aliphatic rings. The van der Waals surface area contributed by atoms with Crippen LogP contribution in [0.25, 0.3) is 0 Å². The van der Waals surface area contributed by atoms with Crippen LogP contribution in [0.3, 0.4) is 0 Å². The van der Waals surface area contributed by atoms with Crippen molar-refractivity contribution in [3.8, 4) is 0 Å². The number of hydrogen-bond acceptors (Lipinski definition) is 4. The van der Waals surface area contributed by atoms with Gasteiger partial charge in [0.2, 0.25) is 0 Å². The van der Waals surface area contributed by atoms with E-state index in [9.17, 15) is 0 Å². The van der Waals surface area contributed by atoms with E-state index < -0.39 is 0 Å². The highest BCUT2D eigenvalue weighted by molar-refractivity contribution is 14.0. The Morgan fingerprint density at radius 2 is 1.87 bits per heavy atom. The molecule has 3 rings (SSSR count). The minimum absolute atomic E-state index is 0. The van der Waals surface area contributed by atoms with Crippen LogP contribution in [0.1, 0.15) is 31.4 Å². The molecular formula is C23H37IN6O. The number of guanidine groups is 1. The summed E-state index contributed by atoms with van der Waals surface area (Å²) in [5, 5.41) is 11.4. The summed E-state index contributed by atoms with van der Waals surface area (Å²) in [5.74, 6) is 1.48. The number of benzene rings is 1. The highest BCUT2D eigenvalue weighted by Gasteiger charge is 2.22. The van der Waals surface area contributed by atoms with E-state index >= 15 is 0 Å². The van der Waals surface area contributed by atoms with Crippen molar-refractivity contribution in [2.75, 3.05) is 39.9 Å². The number of nitrogens with one attached hydrogen (secondary N) is 2. The summed E-state index contributed by atoms with van der Waals surface area (Å²) in [5.41, 5.74) is 2.39. The number of ether oxygens (including phenoxy) is 1. The number of hydrogen-bond donors (Lipinski definition) is 2. The van der Waals surface area contributed by atoms with Crippen molar-refractivity contribution < 1.29 is 4.74 Å². The van der Waals surface area contributed by atoms with Crippen LogP contribution < -0.4 is 10.6 Å². The van der Waals surface area contributed by atoms with Crippen LogP contribution in [-0.4, -0.2) is 66.6 Å². The fourth-order valence-corrected chi connectivity index (χ4v) is 3.82. The lowest BCUT2D eigenvalue weighted by molar-refractivity contribution is 0.0132. The summed E-state index contributed by atoms with van der Waals surface area (Å²) in [6, 6.07) is 10.9. The first-order chi connectivity index (χ1) is 14.6. The number of aliphatic imine (C=N–C) groups is 1. The van der Waals surface area contributed by atoms with Crippen molar-refractivity contribution in [1.82, 2.24) is 25.3 Å². The van der Waals surface area contributed by atoms with Crippen molar-refractivity contribution in [2.45, 2.75) is 39.4 Å². The van der Waals surface area contributed by atoms with Gasteiger partial charge in [-0.3, -0.25) is 14.6 Å². The van der Waals surface area contributed by atoms with Crippen LogP contribution in [0.4, 0.5) is 0 Å². The van der Waals surface area contributed by atoms with E-state index in [1.54, 1.807) is 0 Å². The lowest BCUT2D eigenvalue weighted by Crippen LogP contribution is -2.50. The van der Waals surface area contributed by atoms with Crippen molar-refractivity contribution >= 4 is 29.9 Å². The molecule has 1 aromatic carbocycles. The Morgan fingerprint density at radius 1 is 1.13 bits per heavy atom. The lowest BCUT2D eigenvalue weighted by atomic mass is 10.0. The molecule has 172 valence electrons. The summed E-state index contributed by atoms with van der Waals surface area (Å²) < 4.78 is 7.49. The normalized spacial score (nSPS) is 16.1. The molecule has 2 heterocycles. The van der Waals surface area contributed by atoms with Gasteiger partial charge in [0.05, 0.1) is 26.0 Å². The van der Waals surface area contributed by atoms with Gasteiger partial charge >= 0.3 is 0 Å². The zero-order valence-corrected chi connectivity index (χ0v) is 21.3. The quantitative estimate of drug-likeness (QED) is 0.291. The lowest BCUT2D eigenvalue weighted by Gasteiger charge is -2.35. The van der Waals surface area contributed by atoms with Crippen molar-refractivity contribution in [3.05, 3.63) is 53.9 Å². The largest absolute Gasteiger partial charge is 0.379 e. The predicted octanol–water partition coefficient (Wildman–Crippen LogP) is 2.96. The number of halogens is 1. The molecule has 1 unspecified atom stereocenters. The standard InChI is InChI=1S/C23H36N6O.HI/c1-19(2)13-22(28-9-11-30-12-10-28)16-26-23(24-3)25-14-21-15-27-29(18-21)17-20-7-5-4-6-8-20;/h4-8,15,18-19,22H,9-14,16-17H2,1-3H3,(H2,24,25,26);1H. The Hall–Kier alpha value is -1.65. The Morgan fingerprint density at radius 3 is 2.55 bits per heavy atom. The van der Waals surface area contributed by atoms with E-state index in [0.717, 1.165) is 57.3 Å². The van der Waals surface area contributed by atoms with E-state index in [4.69, 9.17) is 4.74 Å². The van der Waals surface area contributed by atoms with Gasteiger partial charge in [0.25, 0.3) is 0 Å². The molecule has 0 amide bonds. The molecule has 1 aliphatic heterocycles. The van der Waals surface area contributed by atoms with Gasteiger partial charge in [0.15, 0.2) is 5.96 Å². The summed E-state index contributed by atoms with van der Waals surface area (Å²) in [6.07, 6.45) is 5.16. The molecule has 8 heteroatoms. The second-order valence-electron chi connectivity index (χ2n) is 8.27. The number of aromatic nitrogens is 2. The first-order valence-corrected chi connectivity index (χ1v) is 11.0. The van der Waals surface area contributed by atoms with E-state index in [1.807, 2.05) is 24.0 Å². The minimum Gasteiger partial charge on any atom is -0.379 e. The highest BCUT2D eigenvalue weighted by atomic mass is 127. The van der Waals surface area contributed by atoms with Crippen LogP contribution in [0.5, 0.6) is 0 Å². The Labute approximate surface area is 203 Å². The average molecular weight is 540 g/mol. The van der Waals surface area contributed by atoms with Gasteiger partial charge in [-0.1, -0.05) is 44.2 Å². The Balaban J connectivity index is 0.00000341. The molecule has 0 radical (unpaired) electrons. The van der Waals surface area contributed by atoms with E-state index in [1.165, 1.54) is 5.56 Å². The smallest absolute Gasteiger partial charge is 0.191 e. The van der Waals surface area contributed by atoms with E-state index in [-0.39, 0.29) is 24.0 Å². The molecule has 0 spiro atoms. The van der Waals surface area contributed by atoms with Crippen molar-refractivity contribution in [2.24, 2.45) is 10.9 Å². The monoisotopic (exact) mass is 540 g/mol. The van der Waals surface area contributed by atoms with Gasteiger partial charge in [0, 0.05) is 51.0 Å². The Bertz CT molecular complexity index is 773. The second kappa shape index (κ2) is 13.7. The van der Waals surface area contributed by atoms with Gasteiger partial charge in [-0.25, -0.2) is 0 Å². The summed E-state index contributed by atoms with van der Waals surface area (Å²) in [6.45, 7) is 10.6. The molecule has 7 nitrogen and oxygen atoms in total. The van der Waals surface area contributed by atoms with Gasteiger partial charge in [-0.05, 0) is 17.9 Å². The van der Waals surface area contributed by atoms with Crippen molar-refractivity contribution in [3.63, 3.8) is 0 Å². The summed E-state index contributed by atoms with van der Waals surface area (Å²) >= 11 is 0. The van der Waals surface area contributed by atoms with Gasteiger partial charge in [-0.2, -0.15) is 5.10 Å². The molecule has 1 saturated heterocycles. The van der Waals surface area contributed by atoms with Crippen LogP contribution in [0, 0.1) is 5.92 Å². The molecule has 31 heavy (non-hydrogen) atoms. The van der Waals surface area contributed by atoms with Gasteiger partial charge in [0.1, 0.15) is 0 Å². The number of rotatable bonds is 9. The van der Waals surface area contributed by atoms with Crippen LogP contribution in [0.15, 0.2) is 47.7 Å². The Kier molecular flexibility index (Phi) is 11.3.